The van der Waals surface area contributed by atoms with Gasteiger partial charge in [0.15, 0.2) is 0 Å². The molecule has 0 heterocycles. The molecule has 20 heavy (non-hydrogen) atoms. The third kappa shape index (κ3) is 3.83. The topological polar surface area (TPSA) is 35.5 Å². The zero-order valence-corrected chi connectivity index (χ0v) is 12.6. The van der Waals surface area contributed by atoms with Crippen LogP contribution in [0.25, 0.3) is 0 Å². The van der Waals surface area contributed by atoms with Gasteiger partial charge in [0, 0.05) is 0 Å². The minimum atomic E-state index is -0.405. The molecule has 1 aliphatic rings. The van der Waals surface area contributed by atoms with E-state index in [0.717, 1.165) is 19.3 Å². The molecule has 0 saturated heterocycles. The van der Waals surface area contributed by atoms with E-state index in [1.807, 2.05) is 12.1 Å². The molecule has 1 aromatic rings. The van der Waals surface area contributed by atoms with Crippen LogP contribution in [0.3, 0.4) is 0 Å². The lowest BCUT2D eigenvalue weighted by Crippen LogP contribution is -2.26. The first-order valence-electron chi connectivity index (χ1n) is 7.55. The summed E-state index contributed by atoms with van der Waals surface area (Å²) in [6.07, 6.45) is 4.55. The van der Waals surface area contributed by atoms with Gasteiger partial charge in [-0.05, 0) is 42.4 Å². The molecule has 1 fully saturated rings. The molecular formula is C17H24O3. The maximum absolute atomic E-state index is 11.9. The molecule has 0 radical (unpaired) electrons. The van der Waals surface area contributed by atoms with Crippen LogP contribution in [0.1, 0.15) is 68.3 Å². The molecule has 0 aromatic heterocycles. The van der Waals surface area contributed by atoms with Gasteiger partial charge in [-0.25, -0.2) is 4.79 Å². The molecular weight excluding hydrogens is 252 g/mol. The molecule has 110 valence electrons. The Balaban J connectivity index is 1.88. The average molecular weight is 276 g/mol. The Morgan fingerprint density at radius 3 is 2.40 bits per heavy atom. The zero-order valence-electron chi connectivity index (χ0n) is 12.6. The van der Waals surface area contributed by atoms with Gasteiger partial charge in [-0.15, -0.1) is 0 Å². The maximum atomic E-state index is 11.9. The fourth-order valence-electron chi connectivity index (χ4n) is 2.58. The Labute approximate surface area is 121 Å². The fraction of sp³-hybridized carbons (Fsp3) is 0.588. The van der Waals surface area contributed by atoms with Gasteiger partial charge >= 0.3 is 5.97 Å². The van der Waals surface area contributed by atoms with E-state index < -0.39 is 5.97 Å². The highest BCUT2D eigenvalue weighted by atomic mass is 17.2. The van der Waals surface area contributed by atoms with Crippen LogP contribution < -0.4 is 0 Å². The summed E-state index contributed by atoms with van der Waals surface area (Å²) in [4.78, 5) is 22.3. The lowest BCUT2D eigenvalue weighted by molar-refractivity contribution is -0.289. The van der Waals surface area contributed by atoms with Crippen LogP contribution in [0.4, 0.5) is 0 Å². The van der Waals surface area contributed by atoms with Crippen molar-refractivity contribution in [1.29, 1.82) is 0 Å². The van der Waals surface area contributed by atoms with E-state index in [4.69, 9.17) is 9.78 Å². The Kier molecular flexibility index (Phi) is 5.18. The SMILES string of the molecule is CC(C)c1ccc(C(=O)OOC2CCCCC2C)cc1. The van der Waals surface area contributed by atoms with Crippen LogP contribution in [0.15, 0.2) is 24.3 Å². The number of carbonyl (C=O) groups excluding carboxylic acids is 1. The van der Waals surface area contributed by atoms with Gasteiger partial charge in [0.1, 0.15) is 6.10 Å². The summed E-state index contributed by atoms with van der Waals surface area (Å²) in [5.41, 5.74) is 1.75. The first-order chi connectivity index (χ1) is 9.58. The van der Waals surface area contributed by atoms with Crippen molar-refractivity contribution in [2.45, 2.75) is 58.5 Å². The van der Waals surface area contributed by atoms with E-state index in [9.17, 15) is 4.79 Å². The number of carbonyl (C=O) groups is 1. The minimum Gasteiger partial charge on any atom is -0.293 e. The molecule has 1 aliphatic carbocycles. The Morgan fingerprint density at radius 1 is 1.15 bits per heavy atom. The van der Waals surface area contributed by atoms with Crippen molar-refractivity contribution >= 4 is 5.97 Å². The Bertz CT molecular complexity index is 436. The number of benzene rings is 1. The molecule has 1 saturated carbocycles. The third-order valence-electron chi connectivity index (χ3n) is 4.09. The Hall–Kier alpha value is -1.35. The van der Waals surface area contributed by atoms with Crippen molar-refractivity contribution in [1.82, 2.24) is 0 Å². The van der Waals surface area contributed by atoms with Gasteiger partial charge in [0.2, 0.25) is 0 Å². The smallest absolute Gasteiger partial charge is 0.293 e. The fourth-order valence-corrected chi connectivity index (χ4v) is 2.58. The molecule has 3 nitrogen and oxygen atoms in total. The summed E-state index contributed by atoms with van der Waals surface area (Å²) in [5.74, 6) is 0.511. The van der Waals surface area contributed by atoms with Crippen molar-refractivity contribution in [2.24, 2.45) is 5.92 Å². The number of rotatable bonds is 4. The lowest BCUT2D eigenvalue weighted by atomic mass is 9.88. The third-order valence-corrected chi connectivity index (χ3v) is 4.09. The van der Waals surface area contributed by atoms with Gasteiger partial charge in [0.05, 0.1) is 5.56 Å². The first kappa shape index (κ1) is 15.0. The molecule has 0 bridgehead atoms. The Morgan fingerprint density at radius 2 is 1.80 bits per heavy atom. The first-order valence-corrected chi connectivity index (χ1v) is 7.55. The highest BCUT2D eigenvalue weighted by Crippen LogP contribution is 2.26. The second-order valence-corrected chi connectivity index (χ2v) is 6.04. The quantitative estimate of drug-likeness (QED) is 0.601. The molecule has 0 N–H and O–H groups in total. The predicted molar refractivity (Wildman–Crippen MR) is 78.5 cm³/mol. The minimum absolute atomic E-state index is 0.0441. The van der Waals surface area contributed by atoms with E-state index >= 15 is 0 Å². The van der Waals surface area contributed by atoms with Gasteiger partial charge < -0.3 is 0 Å². The maximum Gasteiger partial charge on any atom is 0.373 e. The monoisotopic (exact) mass is 276 g/mol. The summed E-state index contributed by atoms with van der Waals surface area (Å²) in [7, 11) is 0. The van der Waals surface area contributed by atoms with Crippen molar-refractivity contribution < 1.29 is 14.6 Å². The second-order valence-electron chi connectivity index (χ2n) is 6.04. The van der Waals surface area contributed by atoms with Crippen LogP contribution in [0.2, 0.25) is 0 Å². The van der Waals surface area contributed by atoms with Crippen molar-refractivity contribution in [3.8, 4) is 0 Å². The summed E-state index contributed by atoms with van der Waals surface area (Å²) >= 11 is 0. The van der Waals surface area contributed by atoms with Gasteiger partial charge in [-0.2, -0.15) is 4.89 Å². The van der Waals surface area contributed by atoms with Crippen LogP contribution >= 0.6 is 0 Å². The second kappa shape index (κ2) is 6.89. The molecule has 2 atom stereocenters. The average Bonchev–Trinajstić information content (AvgIpc) is 2.46. The summed E-state index contributed by atoms with van der Waals surface area (Å²) in [6, 6.07) is 7.52. The van der Waals surface area contributed by atoms with Crippen LogP contribution in [-0.2, 0) is 9.78 Å². The summed E-state index contributed by atoms with van der Waals surface area (Å²) in [6.45, 7) is 6.40. The van der Waals surface area contributed by atoms with E-state index in [2.05, 4.69) is 20.8 Å². The molecule has 0 spiro atoms. The summed E-state index contributed by atoms with van der Waals surface area (Å²) < 4.78 is 0. The largest absolute Gasteiger partial charge is 0.373 e. The van der Waals surface area contributed by atoms with Crippen molar-refractivity contribution in [2.75, 3.05) is 0 Å². The van der Waals surface area contributed by atoms with Crippen molar-refractivity contribution in [3.63, 3.8) is 0 Å². The normalized spacial score (nSPS) is 22.8. The lowest BCUT2D eigenvalue weighted by Gasteiger charge is -2.26. The van der Waals surface area contributed by atoms with E-state index in [1.165, 1.54) is 12.0 Å². The molecule has 2 unspecified atom stereocenters. The van der Waals surface area contributed by atoms with Crippen molar-refractivity contribution in [3.05, 3.63) is 35.4 Å². The summed E-state index contributed by atoms with van der Waals surface area (Å²) in [5, 5.41) is 0. The van der Waals surface area contributed by atoms with Gasteiger partial charge in [-0.3, -0.25) is 4.89 Å². The molecule has 0 aliphatic heterocycles. The molecule has 1 aromatic carbocycles. The van der Waals surface area contributed by atoms with Gasteiger partial charge in [0.25, 0.3) is 0 Å². The molecule has 2 rings (SSSR count). The predicted octanol–water partition coefficient (Wildman–Crippen LogP) is 4.48. The number of hydrogen-bond donors (Lipinski definition) is 0. The molecule has 0 amide bonds. The van der Waals surface area contributed by atoms with E-state index in [1.54, 1.807) is 12.1 Å². The van der Waals surface area contributed by atoms with Crippen LogP contribution in [0, 0.1) is 5.92 Å². The van der Waals surface area contributed by atoms with E-state index in [0.29, 0.717) is 17.4 Å². The number of hydrogen-bond acceptors (Lipinski definition) is 3. The van der Waals surface area contributed by atoms with Gasteiger partial charge in [-0.1, -0.05) is 45.7 Å². The zero-order chi connectivity index (χ0) is 14.5. The standard InChI is InChI=1S/C17H24O3/c1-12(2)14-8-10-15(11-9-14)17(18)20-19-16-7-5-4-6-13(16)3/h8-13,16H,4-7H2,1-3H3. The van der Waals surface area contributed by atoms with Crippen LogP contribution in [0.5, 0.6) is 0 Å². The molecule has 3 heteroatoms. The van der Waals surface area contributed by atoms with E-state index in [-0.39, 0.29) is 6.10 Å². The highest BCUT2D eigenvalue weighted by molar-refractivity contribution is 5.88. The van der Waals surface area contributed by atoms with Crippen LogP contribution in [-0.4, -0.2) is 12.1 Å². The highest BCUT2D eigenvalue weighted by Gasteiger charge is 2.24.